The van der Waals surface area contributed by atoms with Crippen molar-refractivity contribution in [2.24, 2.45) is 0 Å². The van der Waals surface area contributed by atoms with Gasteiger partial charge in [-0.2, -0.15) is 0 Å². The molecular formula is C25H28N2O4S2. The Morgan fingerprint density at radius 2 is 1.82 bits per heavy atom. The lowest BCUT2D eigenvalue weighted by molar-refractivity contribution is -0.0457. The number of nitrogens with zero attached hydrogens (tertiary/aromatic N) is 2. The van der Waals surface area contributed by atoms with E-state index in [1.165, 1.54) is 4.31 Å². The SMILES string of the molecule is CN1CC(OCCCOc2ccc3c(c2)N(S(=O)(=O)c2ccc4ccccc4c2)CCS3)C1. The monoisotopic (exact) mass is 484 g/mol. The van der Waals surface area contributed by atoms with Crippen molar-refractivity contribution in [2.75, 3.05) is 50.0 Å². The van der Waals surface area contributed by atoms with Gasteiger partial charge in [-0.3, -0.25) is 4.31 Å². The van der Waals surface area contributed by atoms with Crippen LogP contribution >= 0.6 is 11.8 Å². The van der Waals surface area contributed by atoms with Crippen LogP contribution in [0.15, 0.2) is 70.5 Å². The van der Waals surface area contributed by atoms with Crippen LogP contribution in [0.2, 0.25) is 0 Å². The van der Waals surface area contributed by atoms with E-state index >= 15 is 0 Å². The minimum absolute atomic E-state index is 0.309. The molecule has 8 heteroatoms. The van der Waals surface area contributed by atoms with Crippen molar-refractivity contribution in [2.45, 2.75) is 22.3 Å². The Labute approximate surface area is 199 Å². The van der Waals surface area contributed by atoms with Crippen LogP contribution in [0.3, 0.4) is 0 Å². The van der Waals surface area contributed by atoms with Gasteiger partial charge in [0.15, 0.2) is 0 Å². The van der Waals surface area contributed by atoms with E-state index in [-0.39, 0.29) is 0 Å². The van der Waals surface area contributed by atoms with Crippen LogP contribution in [-0.2, 0) is 14.8 Å². The summed E-state index contributed by atoms with van der Waals surface area (Å²) < 4.78 is 40.4. The third kappa shape index (κ3) is 4.84. The molecule has 1 fully saturated rings. The van der Waals surface area contributed by atoms with Crippen molar-refractivity contribution in [1.82, 2.24) is 4.90 Å². The first-order valence-electron chi connectivity index (χ1n) is 11.2. The van der Waals surface area contributed by atoms with Gasteiger partial charge in [0.1, 0.15) is 5.75 Å². The predicted molar refractivity (Wildman–Crippen MR) is 133 cm³/mol. The van der Waals surface area contributed by atoms with Crippen LogP contribution in [0.5, 0.6) is 5.75 Å². The summed E-state index contributed by atoms with van der Waals surface area (Å²) in [5.74, 6) is 1.39. The zero-order chi connectivity index (χ0) is 22.8. The lowest BCUT2D eigenvalue weighted by atomic mass is 10.1. The molecule has 2 heterocycles. The number of anilines is 1. The van der Waals surface area contributed by atoms with Crippen molar-refractivity contribution < 1.29 is 17.9 Å². The highest BCUT2D eigenvalue weighted by molar-refractivity contribution is 8.00. The van der Waals surface area contributed by atoms with Gasteiger partial charge in [-0.1, -0.05) is 30.3 Å². The first kappa shape index (κ1) is 22.5. The molecule has 0 bridgehead atoms. The van der Waals surface area contributed by atoms with E-state index in [1.807, 2.05) is 48.5 Å². The highest BCUT2D eigenvalue weighted by Gasteiger charge is 2.30. The molecule has 5 rings (SSSR count). The van der Waals surface area contributed by atoms with E-state index in [2.05, 4.69) is 11.9 Å². The van der Waals surface area contributed by atoms with Gasteiger partial charge in [0.25, 0.3) is 10.0 Å². The van der Waals surface area contributed by atoms with Gasteiger partial charge in [0.2, 0.25) is 0 Å². The van der Waals surface area contributed by atoms with Crippen LogP contribution in [0.25, 0.3) is 10.8 Å². The molecule has 0 unspecified atom stereocenters. The van der Waals surface area contributed by atoms with Crippen molar-refractivity contribution in [1.29, 1.82) is 0 Å². The summed E-state index contributed by atoms with van der Waals surface area (Å²) in [7, 11) is -1.60. The number of likely N-dealkylation sites (tertiary alicyclic amines) is 1. The van der Waals surface area contributed by atoms with Crippen molar-refractivity contribution in [3.63, 3.8) is 0 Å². The molecule has 33 heavy (non-hydrogen) atoms. The molecule has 1 saturated heterocycles. The number of hydrogen-bond donors (Lipinski definition) is 0. The second-order valence-corrected chi connectivity index (χ2v) is 11.5. The number of sulfonamides is 1. The topological polar surface area (TPSA) is 59.1 Å². The Kier molecular flexibility index (Phi) is 6.51. The molecule has 3 aromatic carbocycles. The van der Waals surface area contributed by atoms with E-state index in [1.54, 1.807) is 23.9 Å². The normalized spacial score (nSPS) is 17.1. The molecule has 0 aromatic heterocycles. The second-order valence-electron chi connectivity index (χ2n) is 8.48. The molecule has 0 N–H and O–H groups in total. The van der Waals surface area contributed by atoms with Gasteiger partial charge in [0.05, 0.1) is 29.9 Å². The third-order valence-electron chi connectivity index (χ3n) is 6.00. The molecule has 0 amide bonds. The molecule has 2 aliphatic rings. The van der Waals surface area contributed by atoms with Gasteiger partial charge in [-0.25, -0.2) is 8.42 Å². The maximum Gasteiger partial charge on any atom is 0.264 e. The van der Waals surface area contributed by atoms with Gasteiger partial charge in [-0.15, -0.1) is 11.8 Å². The Bertz CT molecular complexity index is 1240. The average Bonchev–Trinajstić information content (AvgIpc) is 2.81. The number of ether oxygens (including phenoxy) is 2. The molecule has 0 saturated carbocycles. The van der Waals surface area contributed by atoms with E-state index in [0.29, 0.717) is 47.9 Å². The van der Waals surface area contributed by atoms with Crippen molar-refractivity contribution >= 4 is 38.2 Å². The Balaban J connectivity index is 1.30. The van der Waals surface area contributed by atoms with Crippen LogP contribution in [-0.4, -0.2) is 65.1 Å². The minimum Gasteiger partial charge on any atom is -0.493 e. The summed E-state index contributed by atoms with van der Waals surface area (Å²) in [6.07, 6.45) is 1.13. The standard InChI is InChI=1S/C25H28N2O4S2/c1-26-17-22(18-26)31-13-4-12-30-21-8-10-25-24(16-21)27(11-14-32-25)33(28,29)23-9-7-19-5-2-3-6-20(19)15-23/h2-3,5-10,15-16,22H,4,11-14,17-18H2,1H3. The molecule has 3 aromatic rings. The largest absolute Gasteiger partial charge is 0.493 e. The fraction of sp³-hybridized carbons (Fsp3) is 0.360. The van der Waals surface area contributed by atoms with E-state index in [0.717, 1.165) is 35.2 Å². The van der Waals surface area contributed by atoms with Gasteiger partial charge in [0, 0.05) is 42.8 Å². The lowest BCUT2D eigenvalue weighted by Crippen LogP contribution is -2.49. The highest BCUT2D eigenvalue weighted by Crippen LogP contribution is 2.40. The number of thioether (sulfide) groups is 1. The van der Waals surface area contributed by atoms with E-state index in [4.69, 9.17) is 9.47 Å². The molecule has 174 valence electrons. The van der Waals surface area contributed by atoms with Crippen molar-refractivity contribution in [3.8, 4) is 5.75 Å². The van der Waals surface area contributed by atoms with Gasteiger partial charge >= 0.3 is 0 Å². The quantitative estimate of drug-likeness (QED) is 0.446. The average molecular weight is 485 g/mol. The summed E-state index contributed by atoms with van der Waals surface area (Å²) >= 11 is 1.67. The number of hydrogen-bond acceptors (Lipinski definition) is 6. The summed E-state index contributed by atoms with van der Waals surface area (Å²) in [5.41, 5.74) is 0.686. The van der Waals surface area contributed by atoms with Crippen LogP contribution in [0.1, 0.15) is 6.42 Å². The number of fused-ring (bicyclic) bond motifs is 2. The maximum absolute atomic E-state index is 13.6. The third-order valence-corrected chi connectivity index (χ3v) is 8.85. The Morgan fingerprint density at radius 3 is 2.64 bits per heavy atom. The van der Waals surface area contributed by atoms with Gasteiger partial charge in [-0.05, 0) is 42.1 Å². The highest BCUT2D eigenvalue weighted by atomic mass is 32.2. The molecule has 0 spiro atoms. The van der Waals surface area contributed by atoms with E-state index < -0.39 is 10.0 Å². The maximum atomic E-state index is 13.6. The summed E-state index contributed by atoms with van der Waals surface area (Å²) in [6, 6.07) is 18.8. The van der Waals surface area contributed by atoms with Crippen LogP contribution in [0.4, 0.5) is 5.69 Å². The molecule has 2 aliphatic heterocycles. The first-order chi connectivity index (χ1) is 16.0. The molecule has 0 atom stereocenters. The zero-order valence-corrected chi connectivity index (χ0v) is 20.3. The van der Waals surface area contributed by atoms with Crippen molar-refractivity contribution in [3.05, 3.63) is 60.7 Å². The fourth-order valence-corrected chi connectivity index (χ4v) is 6.87. The Morgan fingerprint density at radius 1 is 1.00 bits per heavy atom. The summed E-state index contributed by atoms with van der Waals surface area (Å²) in [6.45, 7) is 3.61. The minimum atomic E-state index is -3.68. The van der Waals surface area contributed by atoms with E-state index in [9.17, 15) is 8.42 Å². The molecule has 6 nitrogen and oxygen atoms in total. The molecule has 0 radical (unpaired) electrons. The zero-order valence-electron chi connectivity index (χ0n) is 18.6. The Hall–Kier alpha value is -2.26. The number of benzene rings is 3. The number of rotatable bonds is 8. The smallest absolute Gasteiger partial charge is 0.264 e. The second kappa shape index (κ2) is 9.54. The molecule has 0 aliphatic carbocycles. The number of likely N-dealkylation sites (N-methyl/N-ethyl adjacent to an activating group) is 1. The van der Waals surface area contributed by atoms with Gasteiger partial charge < -0.3 is 14.4 Å². The fourth-order valence-electron chi connectivity index (χ4n) is 4.21. The first-order valence-corrected chi connectivity index (χ1v) is 13.6. The molecular weight excluding hydrogens is 456 g/mol. The lowest BCUT2D eigenvalue weighted by Gasteiger charge is -2.35. The summed E-state index contributed by atoms with van der Waals surface area (Å²) in [4.78, 5) is 3.49. The summed E-state index contributed by atoms with van der Waals surface area (Å²) in [5, 5.41) is 1.94. The predicted octanol–water partition coefficient (Wildman–Crippen LogP) is 4.24. The van der Waals surface area contributed by atoms with Crippen LogP contribution < -0.4 is 9.04 Å². The van der Waals surface area contributed by atoms with Crippen LogP contribution in [0, 0.1) is 0 Å².